The molecule has 0 aliphatic carbocycles. The Morgan fingerprint density at radius 2 is 2.26 bits per heavy atom. The number of hydrogen-bond acceptors (Lipinski definition) is 5. The lowest BCUT2D eigenvalue weighted by atomic mass is 10.2. The lowest BCUT2D eigenvalue weighted by Gasteiger charge is -2.05. The molecule has 0 spiro atoms. The van der Waals surface area contributed by atoms with Crippen molar-refractivity contribution in [2.24, 2.45) is 0 Å². The van der Waals surface area contributed by atoms with Gasteiger partial charge in [0.2, 0.25) is 5.91 Å². The third kappa shape index (κ3) is 4.07. The van der Waals surface area contributed by atoms with Crippen molar-refractivity contribution >= 4 is 23.3 Å². The van der Waals surface area contributed by atoms with Gasteiger partial charge in [-0.05, 0) is 18.8 Å². The molecule has 2 heterocycles. The summed E-state index contributed by atoms with van der Waals surface area (Å²) in [4.78, 5) is 21.8. The summed E-state index contributed by atoms with van der Waals surface area (Å²) in [5, 5.41) is 21.3. The van der Waals surface area contributed by atoms with Gasteiger partial charge >= 0.3 is 5.82 Å². The molecule has 0 fully saturated rings. The summed E-state index contributed by atoms with van der Waals surface area (Å²) in [7, 11) is 0. The minimum absolute atomic E-state index is 0.0435. The second-order valence-corrected chi connectivity index (χ2v) is 5.33. The van der Waals surface area contributed by atoms with Crippen LogP contribution in [0.2, 0.25) is 5.02 Å². The topological polar surface area (TPSA) is 108 Å². The first-order chi connectivity index (χ1) is 10.9. The largest absolute Gasteiger partial charge is 0.408 e. The summed E-state index contributed by atoms with van der Waals surface area (Å²) < 4.78 is 3.15. The molecule has 23 heavy (non-hydrogen) atoms. The number of hydrogen-bond donors (Lipinski definition) is 1. The van der Waals surface area contributed by atoms with E-state index in [-0.39, 0.29) is 23.9 Å². The third-order valence-corrected chi connectivity index (χ3v) is 3.69. The smallest absolute Gasteiger partial charge is 0.358 e. The zero-order valence-corrected chi connectivity index (χ0v) is 13.6. The van der Waals surface area contributed by atoms with E-state index in [1.54, 1.807) is 6.20 Å². The van der Waals surface area contributed by atoms with Gasteiger partial charge in [0.25, 0.3) is 0 Å². The lowest BCUT2D eigenvalue weighted by molar-refractivity contribution is -0.389. The highest BCUT2D eigenvalue weighted by Gasteiger charge is 2.19. The molecule has 0 saturated carbocycles. The van der Waals surface area contributed by atoms with Crippen molar-refractivity contribution in [3.8, 4) is 0 Å². The Morgan fingerprint density at radius 1 is 1.52 bits per heavy atom. The van der Waals surface area contributed by atoms with Crippen molar-refractivity contribution in [1.29, 1.82) is 0 Å². The van der Waals surface area contributed by atoms with E-state index < -0.39 is 10.7 Å². The SMILES string of the molecule is CCn1ncc(CNC(=O)CCn2cc(Cl)c([N+](=O)[O-])n2)c1C. The summed E-state index contributed by atoms with van der Waals surface area (Å²) in [5.41, 5.74) is 1.97. The molecule has 0 bridgehead atoms. The van der Waals surface area contributed by atoms with Crippen LogP contribution < -0.4 is 5.32 Å². The first-order valence-electron chi connectivity index (χ1n) is 7.07. The van der Waals surface area contributed by atoms with E-state index in [0.29, 0.717) is 6.54 Å². The van der Waals surface area contributed by atoms with Gasteiger partial charge in [-0.3, -0.25) is 9.48 Å². The summed E-state index contributed by atoms with van der Waals surface area (Å²) in [6.45, 7) is 5.33. The summed E-state index contributed by atoms with van der Waals surface area (Å²) in [6, 6.07) is 0. The molecule has 10 heteroatoms. The Morgan fingerprint density at radius 3 is 2.83 bits per heavy atom. The van der Waals surface area contributed by atoms with Crippen molar-refractivity contribution < 1.29 is 9.72 Å². The van der Waals surface area contributed by atoms with Crippen LogP contribution in [0.3, 0.4) is 0 Å². The first-order valence-corrected chi connectivity index (χ1v) is 7.45. The van der Waals surface area contributed by atoms with Gasteiger partial charge in [0.1, 0.15) is 0 Å². The number of aromatic nitrogens is 4. The number of nitro groups is 1. The molecule has 2 aromatic heterocycles. The van der Waals surface area contributed by atoms with E-state index in [0.717, 1.165) is 17.8 Å². The summed E-state index contributed by atoms with van der Waals surface area (Å²) in [5.74, 6) is -0.586. The molecule has 0 unspecified atom stereocenters. The van der Waals surface area contributed by atoms with Gasteiger partial charge in [-0.2, -0.15) is 9.78 Å². The Bertz CT molecular complexity index is 723. The van der Waals surface area contributed by atoms with Crippen LogP contribution in [0.15, 0.2) is 12.4 Å². The second kappa shape index (κ2) is 7.23. The minimum Gasteiger partial charge on any atom is -0.358 e. The molecule has 2 aromatic rings. The molecule has 0 saturated heterocycles. The first kappa shape index (κ1) is 16.9. The van der Waals surface area contributed by atoms with Crippen LogP contribution in [0.1, 0.15) is 24.6 Å². The standard InChI is InChI=1S/C13H17ClN6O3/c1-3-19-9(2)10(7-16-19)6-15-12(21)4-5-18-8-11(14)13(17-18)20(22)23/h7-8H,3-6H2,1-2H3,(H,15,21). The van der Waals surface area contributed by atoms with Crippen molar-refractivity contribution in [2.75, 3.05) is 0 Å². The minimum atomic E-state index is -0.660. The molecule has 0 radical (unpaired) electrons. The highest BCUT2D eigenvalue weighted by atomic mass is 35.5. The van der Waals surface area contributed by atoms with Crippen LogP contribution in [-0.2, 0) is 24.4 Å². The van der Waals surface area contributed by atoms with Crippen LogP contribution >= 0.6 is 11.6 Å². The quantitative estimate of drug-likeness (QED) is 0.609. The Labute approximate surface area is 137 Å². The number of nitrogens with one attached hydrogen (secondary N) is 1. The monoisotopic (exact) mass is 340 g/mol. The molecule has 124 valence electrons. The number of halogens is 1. The average molecular weight is 341 g/mol. The van der Waals surface area contributed by atoms with Gasteiger partial charge in [0.05, 0.1) is 24.0 Å². The molecule has 0 aromatic carbocycles. The van der Waals surface area contributed by atoms with E-state index in [4.69, 9.17) is 11.6 Å². The number of nitrogens with zero attached hydrogens (tertiary/aromatic N) is 5. The van der Waals surface area contributed by atoms with Crippen molar-refractivity contribution in [1.82, 2.24) is 24.9 Å². The molecule has 1 N–H and O–H groups in total. The predicted molar refractivity (Wildman–Crippen MR) is 83.0 cm³/mol. The van der Waals surface area contributed by atoms with Crippen molar-refractivity contribution in [2.45, 2.75) is 39.9 Å². The zero-order valence-electron chi connectivity index (χ0n) is 12.8. The molecule has 0 aliphatic heterocycles. The molecule has 9 nitrogen and oxygen atoms in total. The number of carbonyl (C=O) groups excluding carboxylic acids is 1. The van der Waals surface area contributed by atoms with Crippen LogP contribution in [0.25, 0.3) is 0 Å². The fourth-order valence-corrected chi connectivity index (χ4v) is 2.32. The van der Waals surface area contributed by atoms with E-state index >= 15 is 0 Å². The fraction of sp³-hybridized carbons (Fsp3) is 0.462. The van der Waals surface area contributed by atoms with E-state index in [1.165, 1.54) is 10.9 Å². The van der Waals surface area contributed by atoms with Crippen LogP contribution in [0, 0.1) is 17.0 Å². The summed E-state index contributed by atoms with van der Waals surface area (Å²) >= 11 is 5.70. The van der Waals surface area contributed by atoms with E-state index in [2.05, 4.69) is 15.5 Å². The van der Waals surface area contributed by atoms with Crippen LogP contribution in [-0.4, -0.2) is 30.4 Å². The number of rotatable bonds is 7. The fourth-order valence-electron chi connectivity index (χ4n) is 2.10. The Hall–Kier alpha value is -2.42. The van der Waals surface area contributed by atoms with E-state index in [9.17, 15) is 14.9 Å². The zero-order chi connectivity index (χ0) is 17.0. The van der Waals surface area contributed by atoms with Gasteiger partial charge in [-0.1, -0.05) is 11.6 Å². The predicted octanol–water partition coefficient (Wildman–Crippen LogP) is 1.68. The highest BCUT2D eigenvalue weighted by Crippen LogP contribution is 2.21. The van der Waals surface area contributed by atoms with Gasteiger partial charge < -0.3 is 15.4 Å². The summed E-state index contributed by atoms with van der Waals surface area (Å²) in [6.07, 6.45) is 3.22. The average Bonchev–Trinajstić information content (AvgIpc) is 3.06. The molecular weight excluding hydrogens is 324 g/mol. The maximum atomic E-state index is 11.9. The number of aryl methyl sites for hydroxylation is 2. The van der Waals surface area contributed by atoms with Gasteiger partial charge in [0, 0.05) is 30.8 Å². The van der Waals surface area contributed by atoms with Crippen molar-refractivity contribution in [3.05, 3.63) is 38.8 Å². The van der Waals surface area contributed by atoms with Gasteiger partial charge in [-0.25, -0.2) is 0 Å². The Kier molecular flexibility index (Phi) is 5.32. The maximum Gasteiger partial charge on any atom is 0.408 e. The molecular formula is C13H17ClN6O3. The van der Waals surface area contributed by atoms with Gasteiger partial charge in [0.15, 0.2) is 5.02 Å². The molecule has 0 atom stereocenters. The second-order valence-electron chi connectivity index (χ2n) is 4.92. The van der Waals surface area contributed by atoms with E-state index in [1.807, 2.05) is 18.5 Å². The van der Waals surface area contributed by atoms with Crippen LogP contribution in [0.5, 0.6) is 0 Å². The lowest BCUT2D eigenvalue weighted by Crippen LogP contribution is -2.24. The molecule has 1 amide bonds. The van der Waals surface area contributed by atoms with Gasteiger partial charge in [-0.15, -0.1) is 0 Å². The van der Waals surface area contributed by atoms with Crippen molar-refractivity contribution in [3.63, 3.8) is 0 Å². The number of amides is 1. The maximum absolute atomic E-state index is 11.9. The third-order valence-electron chi connectivity index (χ3n) is 3.42. The molecule has 2 rings (SSSR count). The Balaban J connectivity index is 1.84. The molecule has 0 aliphatic rings. The van der Waals surface area contributed by atoms with Crippen LogP contribution in [0.4, 0.5) is 5.82 Å². The number of carbonyl (C=O) groups is 1. The highest BCUT2D eigenvalue weighted by molar-refractivity contribution is 6.32. The normalized spacial score (nSPS) is 10.7.